The van der Waals surface area contributed by atoms with E-state index in [0.29, 0.717) is 0 Å². The fourth-order valence-electron chi connectivity index (χ4n) is 0.247. The van der Waals surface area contributed by atoms with E-state index in [1.165, 1.54) is 0 Å². The summed E-state index contributed by atoms with van der Waals surface area (Å²) in [6.45, 7) is 0. The standard InChI is InChI=1S/2C3HCl2F5/c4-2(8,1(6)7)3(5,9)10;4-1(5)2(6,7)3(8,9)10/h2*1H. The minimum atomic E-state index is -5.68. The van der Waals surface area contributed by atoms with E-state index >= 15 is 0 Å². The van der Waals surface area contributed by atoms with E-state index < -0.39 is 33.9 Å². The van der Waals surface area contributed by atoms with Gasteiger partial charge in [0.25, 0.3) is 6.43 Å². The molecule has 0 aromatic rings. The second-order valence-corrected chi connectivity index (χ2v) is 4.96. The topological polar surface area (TPSA) is 0 Å². The zero-order chi connectivity index (χ0) is 17.2. The van der Waals surface area contributed by atoms with Crippen LogP contribution in [0.5, 0.6) is 0 Å². The lowest BCUT2D eigenvalue weighted by molar-refractivity contribution is -0.275. The van der Waals surface area contributed by atoms with Gasteiger partial charge in [-0.05, 0) is 11.6 Å². The van der Waals surface area contributed by atoms with Gasteiger partial charge in [0.2, 0.25) is 0 Å². The van der Waals surface area contributed by atoms with E-state index in [0.717, 1.165) is 0 Å². The molecule has 0 spiro atoms. The molecule has 1 atom stereocenters. The summed E-state index contributed by atoms with van der Waals surface area (Å²) in [7, 11) is 0. The zero-order valence-electron chi connectivity index (χ0n) is 8.45. The van der Waals surface area contributed by atoms with Crippen molar-refractivity contribution < 1.29 is 43.9 Å². The normalized spacial score (nSPS) is 16.8. The van der Waals surface area contributed by atoms with Crippen LogP contribution in [0.4, 0.5) is 43.9 Å². The molecule has 0 saturated carbocycles. The maximum Gasteiger partial charge on any atom is 0.456 e. The summed E-state index contributed by atoms with van der Waals surface area (Å²) in [5, 5.41) is -9.25. The molecule has 0 bridgehead atoms. The Morgan fingerprint density at radius 3 is 1.00 bits per heavy atom. The molecular formula is C6H2Cl4F10. The first kappa shape index (κ1) is 22.7. The summed E-state index contributed by atoms with van der Waals surface area (Å²) in [6.07, 6.45) is -9.71. The van der Waals surface area contributed by atoms with Crippen molar-refractivity contribution >= 4 is 46.4 Å². The average Bonchev–Trinajstić information content (AvgIpc) is 2.14. The van der Waals surface area contributed by atoms with Crippen LogP contribution in [0.1, 0.15) is 0 Å². The Morgan fingerprint density at radius 2 is 1.00 bits per heavy atom. The minimum Gasteiger partial charge on any atom is -0.211 e. The van der Waals surface area contributed by atoms with Crippen LogP contribution in [0.25, 0.3) is 0 Å². The molecule has 0 rings (SSSR count). The second kappa shape index (κ2) is 7.15. The number of halogens is 14. The third-order valence-corrected chi connectivity index (χ3v) is 2.63. The van der Waals surface area contributed by atoms with E-state index in [9.17, 15) is 43.9 Å². The largest absolute Gasteiger partial charge is 0.456 e. The Hall–Kier alpha value is 0.460. The molecule has 0 amide bonds. The molecule has 0 aromatic carbocycles. The van der Waals surface area contributed by atoms with E-state index in [-0.39, 0.29) is 0 Å². The summed E-state index contributed by atoms with van der Waals surface area (Å²) < 4.78 is 114. The highest BCUT2D eigenvalue weighted by Gasteiger charge is 2.62. The van der Waals surface area contributed by atoms with E-state index in [2.05, 4.69) is 46.4 Å². The lowest BCUT2D eigenvalue weighted by Gasteiger charge is -2.20. The second-order valence-electron chi connectivity index (χ2n) is 2.84. The van der Waals surface area contributed by atoms with Gasteiger partial charge in [0.15, 0.2) is 4.84 Å². The molecule has 0 aliphatic heterocycles. The van der Waals surface area contributed by atoms with Crippen LogP contribution < -0.4 is 0 Å². The van der Waals surface area contributed by atoms with Crippen LogP contribution in [-0.4, -0.2) is 33.9 Å². The molecule has 0 fully saturated rings. The molecule has 20 heavy (non-hydrogen) atoms. The Balaban J connectivity index is 0. The lowest BCUT2D eigenvalue weighted by atomic mass is 10.4. The van der Waals surface area contributed by atoms with Gasteiger partial charge in [0.1, 0.15) is 0 Å². The van der Waals surface area contributed by atoms with Crippen molar-refractivity contribution in [1.82, 2.24) is 0 Å². The molecular weight excluding hydrogens is 404 g/mol. The van der Waals surface area contributed by atoms with Gasteiger partial charge in [-0.3, -0.25) is 0 Å². The highest BCUT2D eigenvalue weighted by atomic mass is 35.5. The predicted molar refractivity (Wildman–Crippen MR) is 53.0 cm³/mol. The van der Waals surface area contributed by atoms with Gasteiger partial charge in [0, 0.05) is 0 Å². The summed E-state index contributed by atoms with van der Waals surface area (Å²) in [6, 6.07) is 0. The molecule has 0 aliphatic carbocycles. The first-order valence-corrected chi connectivity index (χ1v) is 5.47. The fourth-order valence-corrected chi connectivity index (χ4v) is 0.577. The molecule has 14 heteroatoms. The summed E-state index contributed by atoms with van der Waals surface area (Å²) >= 11 is 16.6. The highest BCUT2D eigenvalue weighted by molar-refractivity contribution is 6.45. The van der Waals surface area contributed by atoms with Crippen molar-refractivity contribution in [3.63, 3.8) is 0 Å². The molecule has 0 saturated heterocycles. The summed E-state index contributed by atoms with van der Waals surface area (Å²) in [5.41, 5.74) is 0. The molecule has 0 nitrogen and oxygen atoms in total. The molecule has 124 valence electrons. The van der Waals surface area contributed by atoms with Crippen molar-refractivity contribution in [3.8, 4) is 0 Å². The van der Waals surface area contributed by atoms with Crippen molar-refractivity contribution in [2.75, 3.05) is 0 Å². The number of hydrogen-bond donors (Lipinski definition) is 0. The molecule has 0 aromatic heterocycles. The molecule has 1 unspecified atom stereocenters. The summed E-state index contributed by atoms with van der Waals surface area (Å²) in [5.74, 6) is -5.03. The molecule has 0 radical (unpaired) electrons. The SMILES string of the molecule is FC(F)(F)C(F)(F)C(Cl)Cl.FC(F)C(F)(Cl)C(F)(F)Cl. The fraction of sp³-hybridized carbons (Fsp3) is 1.00. The lowest BCUT2D eigenvalue weighted by Crippen LogP contribution is -2.41. The maximum atomic E-state index is 11.9. The first-order valence-electron chi connectivity index (χ1n) is 3.84. The first-order chi connectivity index (χ1) is 8.39. The number of alkyl halides is 14. The van der Waals surface area contributed by atoms with Crippen molar-refractivity contribution in [2.45, 2.75) is 33.9 Å². The van der Waals surface area contributed by atoms with Crippen molar-refractivity contribution in [1.29, 1.82) is 0 Å². The van der Waals surface area contributed by atoms with Gasteiger partial charge < -0.3 is 0 Å². The Labute approximate surface area is 124 Å². The van der Waals surface area contributed by atoms with E-state index in [4.69, 9.17) is 0 Å². The monoisotopic (exact) mass is 404 g/mol. The zero-order valence-corrected chi connectivity index (χ0v) is 11.5. The van der Waals surface area contributed by atoms with Gasteiger partial charge in [-0.2, -0.15) is 30.7 Å². The number of hydrogen-bond acceptors (Lipinski definition) is 0. The Bertz CT molecular complexity index is 263. The minimum absolute atomic E-state index is 2.76. The van der Waals surface area contributed by atoms with E-state index in [1.54, 1.807) is 0 Å². The quantitative estimate of drug-likeness (QED) is 0.400. The van der Waals surface area contributed by atoms with Crippen LogP contribution in [0.2, 0.25) is 0 Å². The van der Waals surface area contributed by atoms with E-state index in [1.807, 2.05) is 0 Å². The van der Waals surface area contributed by atoms with Crippen LogP contribution >= 0.6 is 46.4 Å². The third kappa shape index (κ3) is 6.07. The maximum absolute atomic E-state index is 11.9. The average molecular weight is 406 g/mol. The van der Waals surface area contributed by atoms with Gasteiger partial charge in [-0.1, -0.05) is 34.8 Å². The van der Waals surface area contributed by atoms with Crippen LogP contribution in [0, 0.1) is 0 Å². The molecule has 0 aliphatic rings. The van der Waals surface area contributed by atoms with Gasteiger partial charge in [0.05, 0.1) is 0 Å². The molecule has 0 N–H and O–H groups in total. The third-order valence-electron chi connectivity index (χ3n) is 1.30. The predicted octanol–water partition coefficient (Wildman–Crippen LogP) is 5.98. The smallest absolute Gasteiger partial charge is 0.211 e. The van der Waals surface area contributed by atoms with Gasteiger partial charge >= 0.3 is 22.6 Å². The highest BCUT2D eigenvalue weighted by Crippen LogP contribution is 2.43. The van der Waals surface area contributed by atoms with Crippen molar-refractivity contribution in [3.05, 3.63) is 0 Å². The summed E-state index contributed by atoms with van der Waals surface area (Å²) in [4.78, 5) is -2.76. The Morgan fingerprint density at radius 1 is 0.700 bits per heavy atom. The van der Waals surface area contributed by atoms with Crippen LogP contribution in [-0.2, 0) is 0 Å². The Kier molecular flexibility index (Phi) is 8.13. The van der Waals surface area contributed by atoms with Crippen LogP contribution in [0.15, 0.2) is 0 Å². The van der Waals surface area contributed by atoms with Crippen molar-refractivity contribution in [2.24, 2.45) is 0 Å². The van der Waals surface area contributed by atoms with Gasteiger partial charge in [-0.15, -0.1) is 0 Å². The molecule has 0 heterocycles. The van der Waals surface area contributed by atoms with Crippen LogP contribution in [0.3, 0.4) is 0 Å². The van der Waals surface area contributed by atoms with Gasteiger partial charge in [-0.25, -0.2) is 13.2 Å². The number of rotatable bonds is 3.